The zero-order valence-corrected chi connectivity index (χ0v) is 26.9. The zero-order chi connectivity index (χ0) is 29.6. The summed E-state index contributed by atoms with van der Waals surface area (Å²) in [5.41, 5.74) is 6.44. The third kappa shape index (κ3) is 8.22. The van der Waals surface area contributed by atoms with E-state index in [2.05, 4.69) is 76.2 Å². The van der Waals surface area contributed by atoms with Crippen LogP contribution < -0.4 is 10.6 Å². The molecule has 0 aliphatic carbocycles. The molecule has 0 radical (unpaired) electrons. The van der Waals surface area contributed by atoms with Crippen molar-refractivity contribution in [2.75, 3.05) is 26.2 Å². The number of nitrogens with one attached hydrogen (secondary N) is 2. The van der Waals surface area contributed by atoms with Gasteiger partial charge in [-0.25, -0.2) is 0 Å². The lowest BCUT2D eigenvalue weighted by atomic mass is 9.86. The Bertz CT molecular complexity index is 1410. The van der Waals surface area contributed by atoms with Gasteiger partial charge >= 0.3 is 0 Å². The molecule has 2 N–H and O–H groups in total. The van der Waals surface area contributed by atoms with Gasteiger partial charge in [-0.2, -0.15) is 0 Å². The van der Waals surface area contributed by atoms with Crippen LogP contribution in [0.5, 0.6) is 0 Å². The Balaban J connectivity index is 0.00000384. The van der Waals surface area contributed by atoms with E-state index < -0.39 is 0 Å². The van der Waals surface area contributed by atoms with Crippen LogP contribution in [0.15, 0.2) is 72.8 Å². The number of rotatable bonds is 10. The van der Waals surface area contributed by atoms with Crippen LogP contribution in [-0.2, 0) is 35.5 Å². The number of piperidine rings is 1. The zero-order valence-electron chi connectivity index (χ0n) is 25.3. The van der Waals surface area contributed by atoms with E-state index in [-0.39, 0.29) is 36.3 Å². The first-order chi connectivity index (χ1) is 21.0. The molecule has 0 aromatic heterocycles. The molecule has 2 fully saturated rings. The summed E-state index contributed by atoms with van der Waals surface area (Å²) in [7, 11) is 0. The Hall–Kier alpha value is -2.90. The average molecular weight is 636 g/mol. The molecule has 234 valence electrons. The molecular formula is C36H44Cl2N4O2. The van der Waals surface area contributed by atoms with Crippen molar-refractivity contribution in [3.05, 3.63) is 106 Å². The predicted molar refractivity (Wildman–Crippen MR) is 179 cm³/mol. The summed E-state index contributed by atoms with van der Waals surface area (Å²) in [5.74, 6) is 0.893. The lowest BCUT2D eigenvalue weighted by Crippen LogP contribution is -2.51. The fourth-order valence-electron chi connectivity index (χ4n) is 7.03. The molecule has 8 heteroatoms. The normalized spacial score (nSPS) is 19.7. The number of fused-ring (bicyclic) bond motifs is 1. The predicted octanol–water partition coefficient (Wildman–Crippen LogP) is 5.90. The Labute approximate surface area is 272 Å². The molecule has 0 spiro atoms. The summed E-state index contributed by atoms with van der Waals surface area (Å²) in [5, 5.41) is 7.58. The van der Waals surface area contributed by atoms with E-state index in [0.29, 0.717) is 12.3 Å². The van der Waals surface area contributed by atoms with Gasteiger partial charge in [0.25, 0.3) is 0 Å². The minimum atomic E-state index is -0.214. The number of benzene rings is 3. The summed E-state index contributed by atoms with van der Waals surface area (Å²) in [4.78, 5) is 30.3. The van der Waals surface area contributed by atoms with Crippen molar-refractivity contribution in [2.45, 2.75) is 76.0 Å². The summed E-state index contributed by atoms with van der Waals surface area (Å²) < 4.78 is 0. The highest BCUT2D eigenvalue weighted by molar-refractivity contribution is 6.30. The van der Waals surface area contributed by atoms with Crippen molar-refractivity contribution in [3.8, 4) is 0 Å². The smallest absolute Gasteiger partial charge is 0.237 e. The van der Waals surface area contributed by atoms with Crippen LogP contribution >= 0.6 is 24.0 Å². The van der Waals surface area contributed by atoms with Crippen LogP contribution in [0.1, 0.15) is 65.8 Å². The van der Waals surface area contributed by atoms with Crippen LogP contribution in [0.25, 0.3) is 0 Å². The Morgan fingerprint density at radius 1 is 0.955 bits per heavy atom. The van der Waals surface area contributed by atoms with Crippen LogP contribution in [-0.4, -0.2) is 59.9 Å². The van der Waals surface area contributed by atoms with Crippen LogP contribution in [0.3, 0.4) is 0 Å². The van der Waals surface area contributed by atoms with Gasteiger partial charge in [0.05, 0.1) is 6.04 Å². The second-order valence-electron chi connectivity index (χ2n) is 12.5. The number of nitrogens with zero attached hydrogens (tertiary/aromatic N) is 2. The van der Waals surface area contributed by atoms with Crippen LogP contribution in [0.2, 0.25) is 5.02 Å². The molecule has 2 atom stereocenters. The highest BCUT2D eigenvalue weighted by atomic mass is 35.5. The third-order valence-electron chi connectivity index (χ3n) is 9.55. The molecule has 44 heavy (non-hydrogen) atoms. The highest BCUT2D eigenvalue weighted by Gasteiger charge is 2.28. The minimum absolute atomic E-state index is 0. The molecule has 3 aliphatic heterocycles. The maximum absolute atomic E-state index is 13.5. The van der Waals surface area contributed by atoms with Gasteiger partial charge in [0, 0.05) is 43.7 Å². The SMILES string of the molecule is Cl.O=C(N[C@H](CCN1CCC(c2ccccc2CN2CCCC2=O)CC1)Cc1ccc(Cl)cc1)[C@H]1Cc2ccccc2CN1. The number of carbonyl (C=O) groups is 2. The van der Waals surface area contributed by atoms with E-state index in [1.54, 1.807) is 0 Å². The van der Waals surface area contributed by atoms with Gasteiger partial charge in [-0.1, -0.05) is 72.3 Å². The van der Waals surface area contributed by atoms with E-state index in [0.717, 1.165) is 82.8 Å². The van der Waals surface area contributed by atoms with Crippen molar-refractivity contribution < 1.29 is 9.59 Å². The molecule has 6 nitrogen and oxygen atoms in total. The van der Waals surface area contributed by atoms with E-state index >= 15 is 0 Å². The standard InChI is InChI=1S/C36H43ClN4O2.ClH/c37-31-13-11-26(12-14-31)22-32(39-36(43)34-23-28-6-1-2-7-29(28)24-38-34)17-21-40-19-15-27(16-20-40)33-9-4-3-8-30(33)25-41-18-5-10-35(41)42;/h1-4,6-9,11-14,27,32,34,38H,5,10,15-25H2,(H,39,43);1H/t32-,34-;/m1./s1. The average Bonchev–Trinajstić information content (AvgIpc) is 3.45. The van der Waals surface area contributed by atoms with Gasteiger partial charge in [0.15, 0.2) is 0 Å². The van der Waals surface area contributed by atoms with E-state index in [4.69, 9.17) is 11.6 Å². The van der Waals surface area contributed by atoms with Crippen molar-refractivity contribution in [1.29, 1.82) is 0 Å². The molecule has 6 rings (SSSR count). The Morgan fingerprint density at radius 3 is 2.43 bits per heavy atom. The summed E-state index contributed by atoms with van der Waals surface area (Å²) in [6, 6.07) is 24.9. The second kappa shape index (κ2) is 15.4. The molecule has 3 heterocycles. The van der Waals surface area contributed by atoms with Gasteiger partial charge in [0.2, 0.25) is 11.8 Å². The maximum atomic E-state index is 13.5. The second-order valence-corrected chi connectivity index (χ2v) is 12.9. The maximum Gasteiger partial charge on any atom is 0.237 e. The van der Waals surface area contributed by atoms with Gasteiger partial charge < -0.3 is 20.4 Å². The first-order valence-corrected chi connectivity index (χ1v) is 16.3. The molecular weight excluding hydrogens is 591 g/mol. The molecule has 2 saturated heterocycles. The van der Waals surface area contributed by atoms with E-state index in [1.807, 2.05) is 17.0 Å². The lowest BCUT2D eigenvalue weighted by molar-refractivity contribution is -0.128. The first-order valence-electron chi connectivity index (χ1n) is 15.9. The summed E-state index contributed by atoms with van der Waals surface area (Å²) in [6.07, 6.45) is 6.29. The van der Waals surface area contributed by atoms with Crippen molar-refractivity contribution in [1.82, 2.24) is 20.4 Å². The Kier molecular flexibility index (Phi) is 11.4. The van der Waals surface area contributed by atoms with Crippen molar-refractivity contribution in [3.63, 3.8) is 0 Å². The van der Waals surface area contributed by atoms with E-state index in [9.17, 15) is 9.59 Å². The quantitative estimate of drug-likeness (QED) is 0.292. The van der Waals surface area contributed by atoms with Crippen LogP contribution in [0.4, 0.5) is 0 Å². The Morgan fingerprint density at radius 2 is 1.68 bits per heavy atom. The molecule has 2 amide bonds. The molecule has 3 aromatic carbocycles. The molecule has 0 unspecified atom stereocenters. The van der Waals surface area contributed by atoms with Gasteiger partial charge in [0.1, 0.15) is 0 Å². The number of halogens is 2. The fourth-order valence-corrected chi connectivity index (χ4v) is 7.16. The number of hydrogen-bond acceptors (Lipinski definition) is 4. The third-order valence-corrected chi connectivity index (χ3v) is 9.80. The van der Waals surface area contributed by atoms with Crippen molar-refractivity contribution in [2.24, 2.45) is 0 Å². The fraction of sp³-hybridized carbons (Fsp3) is 0.444. The highest BCUT2D eigenvalue weighted by Crippen LogP contribution is 2.32. The van der Waals surface area contributed by atoms with Gasteiger partial charge in [-0.05, 0) is 97.5 Å². The lowest BCUT2D eigenvalue weighted by Gasteiger charge is -2.34. The molecule has 3 aliphatic rings. The topological polar surface area (TPSA) is 64.7 Å². The van der Waals surface area contributed by atoms with E-state index in [1.165, 1.54) is 27.8 Å². The molecule has 0 saturated carbocycles. The largest absolute Gasteiger partial charge is 0.352 e. The summed E-state index contributed by atoms with van der Waals surface area (Å²) >= 11 is 6.15. The number of carbonyl (C=O) groups excluding carboxylic acids is 2. The number of amides is 2. The first kappa shape index (κ1) is 32.5. The van der Waals surface area contributed by atoms with Crippen LogP contribution in [0, 0.1) is 0 Å². The molecule has 3 aromatic rings. The van der Waals surface area contributed by atoms with Gasteiger partial charge in [-0.15, -0.1) is 12.4 Å². The monoisotopic (exact) mass is 634 g/mol. The molecule has 0 bridgehead atoms. The number of hydrogen-bond donors (Lipinski definition) is 2. The number of likely N-dealkylation sites (tertiary alicyclic amines) is 2. The van der Waals surface area contributed by atoms with Crippen molar-refractivity contribution >= 4 is 35.8 Å². The summed E-state index contributed by atoms with van der Waals surface area (Å²) in [6.45, 7) is 5.39. The van der Waals surface area contributed by atoms with Gasteiger partial charge in [-0.3, -0.25) is 9.59 Å². The minimum Gasteiger partial charge on any atom is -0.352 e.